The van der Waals surface area contributed by atoms with E-state index < -0.39 is 18.5 Å². The number of rotatable bonds is 2. The molecule has 8 heteroatoms. The quantitative estimate of drug-likeness (QED) is 0.799. The number of nitrogens with zero attached hydrogens (tertiary/aromatic N) is 3. The average molecular weight is 270 g/mol. The summed E-state index contributed by atoms with van der Waals surface area (Å²) >= 11 is 5.04. The van der Waals surface area contributed by atoms with Crippen molar-refractivity contribution in [3.05, 3.63) is 17.3 Å². The Labute approximate surface area is 106 Å². The van der Waals surface area contributed by atoms with Crippen LogP contribution in [0.1, 0.15) is 12.6 Å². The van der Waals surface area contributed by atoms with Crippen molar-refractivity contribution in [3.8, 4) is 0 Å². The van der Waals surface area contributed by atoms with Crippen molar-refractivity contribution in [1.29, 1.82) is 0 Å². The maximum absolute atomic E-state index is 13.9. The number of halogens is 1. The second kappa shape index (κ2) is 4.38. The number of hydrogen-bond donors (Lipinski definition) is 2. The van der Waals surface area contributed by atoms with E-state index in [9.17, 15) is 4.39 Å². The van der Waals surface area contributed by atoms with Crippen LogP contribution in [0, 0.1) is 4.64 Å². The predicted octanol–water partition coefficient (Wildman–Crippen LogP) is 1.11. The maximum Gasteiger partial charge on any atom is 0.168 e. The third kappa shape index (κ3) is 1.73. The van der Waals surface area contributed by atoms with Crippen molar-refractivity contribution < 1.29 is 14.2 Å². The number of aliphatic hydroxyl groups excluding tert-OH is 1. The van der Waals surface area contributed by atoms with Gasteiger partial charge in [0.1, 0.15) is 17.3 Å². The monoisotopic (exact) mass is 270 g/mol. The zero-order valence-corrected chi connectivity index (χ0v) is 10.1. The van der Waals surface area contributed by atoms with Gasteiger partial charge in [-0.3, -0.25) is 4.57 Å². The lowest BCUT2D eigenvalue weighted by atomic mass is 10.2. The molecule has 3 atom stereocenters. The first kappa shape index (κ1) is 11.7. The zero-order chi connectivity index (χ0) is 12.7. The van der Waals surface area contributed by atoms with Crippen molar-refractivity contribution in [2.45, 2.75) is 24.9 Å². The van der Waals surface area contributed by atoms with E-state index in [0.29, 0.717) is 15.8 Å². The summed E-state index contributed by atoms with van der Waals surface area (Å²) in [5.41, 5.74) is 1.08. The minimum Gasteiger partial charge on any atom is -0.394 e. The molecule has 0 unspecified atom stereocenters. The summed E-state index contributed by atoms with van der Waals surface area (Å²) in [5.74, 6) is 0. The largest absolute Gasteiger partial charge is 0.394 e. The fourth-order valence-electron chi connectivity index (χ4n) is 2.13. The van der Waals surface area contributed by atoms with Gasteiger partial charge in [0.05, 0.1) is 25.4 Å². The number of fused-ring (bicyclic) bond motifs is 1. The number of aromatic nitrogens is 4. The summed E-state index contributed by atoms with van der Waals surface area (Å²) in [5, 5.41) is 9.01. The fraction of sp³-hybridized carbons (Fsp3) is 0.500. The molecule has 1 aliphatic heterocycles. The van der Waals surface area contributed by atoms with Gasteiger partial charge in [0, 0.05) is 6.42 Å². The van der Waals surface area contributed by atoms with Gasteiger partial charge in [0.15, 0.2) is 10.9 Å². The second-order valence-corrected chi connectivity index (χ2v) is 4.53. The highest BCUT2D eigenvalue weighted by Crippen LogP contribution is 2.32. The van der Waals surface area contributed by atoms with Crippen LogP contribution >= 0.6 is 12.2 Å². The van der Waals surface area contributed by atoms with Crippen LogP contribution in [0.15, 0.2) is 12.7 Å². The zero-order valence-electron chi connectivity index (χ0n) is 9.28. The Balaban J connectivity index is 2.05. The Morgan fingerprint density at radius 2 is 2.44 bits per heavy atom. The van der Waals surface area contributed by atoms with Crippen LogP contribution < -0.4 is 0 Å². The summed E-state index contributed by atoms with van der Waals surface area (Å²) in [6.07, 6.45) is 0.624. The summed E-state index contributed by atoms with van der Waals surface area (Å²) in [6, 6.07) is 0. The van der Waals surface area contributed by atoms with E-state index in [-0.39, 0.29) is 13.0 Å². The molecule has 2 aromatic rings. The average Bonchev–Trinajstić information content (AvgIpc) is 2.93. The molecule has 3 heterocycles. The van der Waals surface area contributed by atoms with Crippen LogP contribution in [-0.4, -0.2) is 43.5 Å². The smallest absolute Gasteiger partial charge is 0.168 e. The first-order chi connectivity index (χ1) is 8.70. The molecule has 0 saturated carbocycles. The minimum absolute atomic E-state index is 0.173. The van der Waals surface area contributed by atoms with Crippen molar-refractivity contribution in [2.75, 3.05) is 6.61 Å². The van der Waals surface area contributed by atoms with Gasteiger partial charge in [0.25, 0.3) is 0 Å². The van der Waals surface area contributed by atoms with Crippen LogP contribution in [0.25, 0.3) is 11.2 Å². The van der Waals surface area contributed by atoms with E-state index in [1.54, 1.807) is 4.57 Å². The van der Waals surface area contributed by atoms with E-state index in [1.165, 1.54) is 12.7 Å². The number of alkyl halides is 1. The number of ether oxygens (including phenoxy) is 1. The van der Waals surface area contributed by atoms with Gasteiger partial charge in [-0.25, -0.2) is 14.4 Å². The highest BCUT2D eigenvalue weighted by atomic mass is 32.1. The van der Waals surface area contributed by atoms with Crippen LogP contribution in [0.2, 0.25) is 0 Å². The highest BCUT2D eigenvalue weighted by Gasteiger charge is 2.37. The van der Waals surface area contributed by atoms with Gasteiger partial charge < -0.3 is 14.8 Å². The summed E-state index contributed by atoms with van der Waals surface area (Å²) in [6.45, 7) is -0.193. The molecule has 2 aromatic heterocycles. The van der Waals surface area contributed by atoms with Crippen molar-refractivity contribution in [2.24, 2.45) is 0 Å². The first-order valence-corrected chi connectivity index (χ1v) is 5.92. The molecule has 1 saturated heterocycles. The molecule has 1 fully saturated rings. The van der Waals surface area contributed by atoms with Gasteiger partial charge in [-0.05, 0) is 0 Å². The van der Waals surface area contributed by atoms with Crippen LogP contribution in [0.4, 0.5) is 4.39 Å². The Morgan fingerprint density at radius 1 is 1.61 bits per heavy atom. The van der Waals surface area contributed by atoms with Gasteiger partial charge in [0.2, 0.25) is 0 Å². The number of imidazole rings is 1. The molecule has 96 valence electrons. The molecule has 0 aromatic carbocycles. The van der Waals surface area contributed by atoms with E-state index in [1.807, 2.05) is 0 Å². The number of aliphatic hydroxyl groups is 1. The van der Waals surface area contributed by atoms with Gasteiger partial charge in [-0.1, -0.05) is 12.2 Å². The van der Waals surface area contributed by atoms with Crippen LogP contribution in [0.5, 0.6) is 0 Å². The molecule has 18 heavy (non-hydrogen) atoms. The lowest BCUT2D eigenvalue weighted by molar-refractivity contribution is -0.0351. The normalized spacial score (nSPS) is 28.0. The topological polar surface area (TPSA) is 76.0 Å². The van der Waals surface area contributed by atoms with Gasteiger partial charge in [-0.2, -0.15) is 0 Å². The van der Waals surface area contributed by atoms with Crippen LogP contribution in [0.3, 0.4) is 0 Å². The SMILES string of the molecule is OC[C@@H]1C[C@@H](F)[C@H](n2cnc3c(=S)nc[nH]c32)O1. The van der Waals surface area contributed by atoms with E-state index in [0.717, 1.165) is 0 Å². The Bertz CT molecular complexity index is 628. The number of nitrogens with one attached hydrogen (secondary N) is 1. The molecule has 0 spiro atoms. The summed E-state index contributed by atoms with van der Waals surface area (Å²) in [7, 11) is 0. The number of H-pyrrole nitrogens is 1. The summed E-state index contributed by atoms with van der Waals surface area (Å²) in [4.78, 5) is 10.9. The molecule has 2 N–H and O–H groups in total. The van der Waals surface area contributed by atoms with E-state index in [2.05, 4.69) is 15.0 Å². The van der Waals surface area contributed by atoms with E-state index >= 15 is 0 Å². The van der Waals surface area contributed by atoms with Crippen molar-refractivity contribution >= 4 is 23.4 Å². The molecule has 6 nitrogen and oxygen atoms in total. The maximum atomic E-state index is 13.9. The van der Waals surface area contributed by atoms with Gasteiger partial charge in [-0.15, -0.1) is 0 Å². The van der Waals surface area contributed by atoms with E-state index in [4.69, 9.17) is 22.1 Å². The van der Waals surface area contributed by atoms with Gasteiger partial charge >= 0.3 is 0 Å². The summed E-state index contributed by atoms with van der Waals surface area (Å²) < 4.78 is 21.2. The predicted molar refractivity (Wildman–Crippen MR) is 63.2 cm³/mol. The lowest BCUT2D eigenvalue weighted by Crippen LogP contribution is -2.16. The minimum atomic E-state index is -1.19. The van der Waals surface area contributed by atoms with Crippen LogP contribution in [-0.2, 0) is 4.74 Å². The molecular weight excluding hydrogens is 259 g/mol. The molecule has 0 radical (unpaired) electrons. The first-order valence-electron chi connectivity index (χ1n) is 5.51. The third-order valence-corrected chi connectivity index (χ3v) is 3.29. The standard InChI is InChI=1S/C10H11FN4O2S/c11-6-1-5(2-16)17-10(6)15-4-14-7-8(15)12-3-13-9(7)18/h3-6,10,16H,1-2H2,(H,12,13,18)/t5-,6+,10+/m0/s1. The fourth-order valence-corrected chi connectivity index (χ4v) is 2.33. The third-order valence-electron chi connectivity index (χ3n) is 2.99. The molecular formula is C10H11FN4O2S. The lowest BCUT2D eigenvalue weighted by Gasteiger charge is -2.15. The van der Waals surface area contributed by atoms with Crippen molar-refractivity contribution in [1.82, 2.24) is 19.5 Å². The molecule has 0 amide bonds. The molecule has 1 aliphatic rings. The molecule has 0 aliphatic carbocycles. The Morgan fingerprint density at radius 3 is 3.17 bits per heavy atom. The number of aromatic amines is 1. The second-order valence-electron chi connectivity index (χ2n) is 4.14. The molecule has 3 rings (SSSR count). The highest BCUT2D eigenvalue weighted by molar-refractivity contribution is 7.71. The van der Waals surface area contributed by atoms with Crippen molar-refractivity contribution in [3.63, 3.8) is 0 Å². The number of hydrogen-bond acceptors (Lipinski definition) is 5. The Hall–Kier alpha value is -1.38. The Kier molecular flexibility index (Phi) is 2.84. The molecule has 0 bridgehead atoms.